The van der Waals surface area contributed by atoms with E-state index in [-0.39, 0.29) is 23.1 Å². The van der Waals surface area contributed by atoms with Gasteiger partial charge in [0.25, 0.3) is 11.5 Å². The first-order valence-corrected chi connectivity index (χ1v) is 8.15. The van der Waals surface area contributed by atoms with E-state index < -0.39 is 0 Å². The molecule has 0 radical (unpaired) electrons. The van der Waals surface area contributed by atoms with Crippen LogP contribution in [-0.2, 0) is 7.05 Å². The molecule has 0 aromatic carbocycles. The molecule has 0 aliphatic carbocycles. The molecular formula is C15H18N4O2S. The van der Waals surface area contributed by atoms with Crippen LogP contribution in [0.5, 0.6) is 0 Å². The lowest BCUT2D eigenvalue weighted by Crippen LogP contribution is -2.41. The Bertz CT molecular complexity index is 711. The van der Waals surface area contributed by atoms with Crippen LogP contribution < -0.4 is 15.8 Å². The first-order valence-electron chi connectivity index (χ1n) is 7.27. The van der Waals surface area contributed by atoms with E-state index in [0.29, 0.717) is 6.54 Å². The van der Waals surface area contributed by atoms with Gasteiger partial charge in [0.2, 0.25) is 0 Å². The lowest BCUT2D eigenvalue weighted by Gasteiger charge is -2.24. The van der Waals surface area contributed by atoms with E-state index in [1.54, 1.807) is 42.9 Å². The van der Waals surface area contributed by atoms with Gasteiger partial charge in [-0.1, -0.05) is 0 Å². The molecule has 6 nitrogen and oxygen atoms in total. The van der Waals surface area contributed by atoms with Crippen LogP contribution >= 0.6 is 11.3 Å². The fraction of sp³-hybridized carbons (Fsp3) is 0.400. The van der Waals surface area contributed by atoms with Gasteiger partial charge in [0.05, 0.1) is 0 Å². The lowest BCUT2D eigenvalue weighted by atomic mass is 10.2. The summed E-state index contributed by atoms with van der Waals surface area (Å²) in [5.74, 6) is -0.313. The zero-order chi connectivity index (χ0) is 15.5. The summed E-state index contributed by atoms with van der Waals surface area (Å²) in [5, 5.41) is 5.83. The van der Waals surface area contributed by atoms with E-state index in [0.717, 1.165) is 24.5 Å². The number of thiazole rings is 1. The van der Waals surface area contributed by atoms with Gasteiger partial charge in [0.1, 0.15) is 5.56 Å². The van der Waals surface area contributed by atoms with Crippen LogP contribution in [0, 0.1) is 0 Å². The topological polar surface area (TPSA) is 67.2 Å². The second-order valence-corrected chi connectivity index (χ2v) is 6.23. The molecule has 1 amide bonds. The summed E-state index contributed by atoms with van der Waals surface area (Å²) in [4.78, 5) is 30.7. The highest BCUT2D eigenvalue weighted by molar-refractivity contribution is 7.13. The average molecular weight is 318 g/mol. The van der Waals surface area contributed by atoms with E-state index in [1.807, 2.05) is 5.38 Å². The van der Waals surface area contributed by atoms with Gasteiger partial charge < -0.3 is 14.8 Å². The Morgan fingerprint density at radius 1 is 1.55 bits per heavy atom. The average Bonchev–Trinajstić information content (AvgIpc) is 3.17. The number of amides is 1. The molecule has 116 valence electrons. The Hall–Kier alpha value is -2.15. The van der Waals surface area contributed by atoms with Crippen molar-refractivity contribution in [2.45, 2.75) is 18.9 Å². The van der Waals surface area contributed by atoms with E-state index in [2.05, 4.69) is 15.2 Å². The number of nitrogens with zero attached hydrogens (tertiary/aromatic N) is 3. The third-order valence-electron chi connectivity index (χ3n) is 3.91. The molecule has 1 aliphatic rings. The predicted octanol–water partition coefficient (Wildman–Crippen LogP) is 1.24. The monoisotopic (exact) mass is 318 g/mol. The van der Waals surface area contributed by atoms with Gasteiger partial charge in [0.15, 0.2) is 5.13 Å². The molecule has 0 saturated carbocycles. The van der Waals surface area contributed by atoms with E-state index >= 15 is 0 Å². The number of pyridine rings is 1. The summed E-state index contributed by atoms with van der Waals surface area (Å²) in [6.45, 7) is 1.48. The molecule has 0 bridgehead atoms. The van der Waals surface area contributed by atoms with Crippen LogP contribution in [0.3, 0.4) is 0 Å². The summed E-state index contributed by atoms with van der Waals surface area (Å²) < 4.78 is 1.41. The Morgan fingerprint density at radius 3 is 3.18 bits per heavy atom. The first-order chi connectivity index (χ1) is 10.7. The Labute approximate surface area is 132 Å². The van der Waals surface area contributed by atoms with Crippen LogP contribution in [0.4, 0.5) is 5.13 Å². The summed E-state index contributed by atoms with van der Waals surface area (Å²) in [6, 6.07) is 3.50. The van der Waals surface area contributed by atoms with Gasteiger partial charge in [0, 0.05) is 44.0 Å². The van der Waals surface area contributed by atoms with Crippen molar-refractivity contribution in [1.29, 1.82) is 0 Å². The number of carbonyl (C=O) groups is 1. The third-order valence-corrected chi connectivity index (χ3v) is 4.72. The zero-order valence-electron chi connectivity index (χ0n) is 12.4. The van der Waals surface area contributed by atoms with Crippen molar-refractivity contribution in [3.05, 3.63) is 45.8 Å². The minimum atomic E-state index is -0.313. The molecule has 2 aromatic rings. The van der Waals surface area contributed by atoms with Crippen molar-refractivity contribution in [2.24, 2.45) is 7.05 Å². The van der Waals surface area contributed by atoms with Crippen molar-refractivity contribution in [3.63, 3.8) is 0 Å². The minimum Gasteiger partial charge on any atom is -0.350 e. The molecule has 3 rings (SSSR count). The summed E-state index contributed by atoms with van der Waals surface area (Å²) in [6.07, 6.45) is 5.54. The van der Waals surface area contributed by atoms with Crippen molar-refractivity contribution >= 4 is 22.4 Å². The molecule has 1 unspecified atom stereocenters. The van der Waals surface area contributed by atoms with E-state index in [9.17, 15) is 9.59 Å². The highest BCUT2D eigenvalue weighted by atomic mass is 32.1. The third kappa shape index (κ3) is 2.89. The second kappa shape index (κ2) is 6.31. The number of nitrogens with one attached hydrogen (secondary N) is 1. The number of anilines is 1. The summed E-state index contributed by atoms with van der Waals surface area (Å²) in [5.41, 5.74) is -0.0907. The van der Waals surface area contributed by atoms with Crippen LogP contribution in [-0.4, -0.2) is 34.6 Å². The maximum absolute atomic E-state index is 12.2. The quantitative estimate of drug-likeness (QED) is 0.921. The molecule has 7 heteroatoms. The van der Waals surface area contributed by atoms with Crippen molar-refractivity contribution in [2.75, 3.05) is 18.0 Å². The number of hydrogen-bond acceptors (Lipinski definition) is 5. The van der Waals surface area contributed by atoms with Gasteiger partial charge in [-0.05, 0) is 25.0 Å². The van der Waals surface area contributed by atoms with Gasteiger partial charge >= 0.3 is 0 Å². The Morgan fingerprint density at radius 2 is 2.41 bits per heavy atom. The van der Waals surface area contributed by atoms with E-state index in [4.69, 9.17) is 0 Å². The summed E-state index contributed by atoms with van der Waals surface area (Å²) in [7, 11) is 1.64. The summed E-state index contributed by atoms with van der Waals surface area (Å²) >= 11 is 1.61. The van der Waals surface area contributed by atoms with Crippen LogP contribution in [0.2, 0.25) is 0 Å². The standard InChI is InChI=1S/C15H18N4O2S/c1-18-7-3-5-12(14(18)21)13(20)17-10-11-4-2-8-19(11)15-16-6-9-22-15/h3,5-7,9,11H,2,4,8,10H2,1H3,(H,17,20). The Kier molecular flexibility index (Phi) is 4.24. The van der Waals surface area contributed by atoms with Crippen molar-refractivity contribution < 1.29 is 4.79 Å². The Balaban J connectivity index is 1.66. The molecule has 1 saturated heterocycles. The molecule has 0 spiro atoms. The lowest BCUT2D eigenvalue weighted by molar-refractivity contribution is 0.0949. The van der Waals surface area contributed by atoms with Crippen LogP contribution in [0.15, 0.2) is 34.7 Å². The van der Waals surface area contributed by atoms with Gasteiger partial charge in [-0.15, -0.1) is 11.3 Å². The number of aromatic nitrogens is 2. The molecule has 22 heavy (non-hydrogen) atoms. The van der Waals surface area contributed by atoms with Gasteiger partial charge in [-0.3, -0.25) is 9.59 Å². The zero-order valence-corrected chi connectivity index (χ0v) is 13.2. The van der Waals surface area contributed by atoms with Crippen LogP contribution in [0.1, 0.15) is 23.2 Å². The maximum Gasteiger partial charge on any atom is 0.263 e. The largest absolute Gasteiger partial charge is 0.350 e. The number of carbonyl (C=O) groups excluding carboxylic acids is 1. The number of rotatable bonds is 4. The van der Waals surface area contributed by atoms with Crippen molar-refractivity contribution in [3.8, 4) is 0 Å². The molecule has 1 N–H and O–H groups in total. The van der Waals surface area contributed by atoms with Gasteiger partial charge in [-0.25, -0.2) is 4.98 Å². The molecule has 3 heterocycles. The van der Waals surface area contributed by atoms with E-state index in [1.165, 1.54) is 4.57 Å². The molecule has 1 aliphatic heterocycles. The molecule has 1 atom stereocenters. The van der Waals surface area contributed by atoms with Gasteiger partial charge in [-0.2, -0.15) is 0 Å². The van der Waals surface area contributed by atoms with Crippen LogP contribution in [0.25, 0.3) is 0 Å². The molecular weight excluding hydrogens is 300 g/mol. The highest BCUT2D eigenvalue weighted by Crippen LogP contribution is 2.26. The first kappa shape index (κ1) is 14.8. The highest BCUT2D eigenvalue weighted by Gasteiger charge is 2.26. The second-order valence-electron chi connectivity index (χ2n) is 5.35. The smallest absolute Gasteiger partial charge is 0.263 e. The number of aryl methyl sites for hydroxylation is 1. The molecule has 1 fully saturated rings. The van der Waals surface area contributed by atoms with Crippen molar-refractivity contribution in [1.82, 2.24) is 14.9 Å². The minimum absolute atomic E-state index is 0.184. The maximum atomic E-state index is 12.2. The normalized spacial score (nSPS) is 17.7. The predicted molar refractivity (Wildman–Crippen MR) is 86.5 cm³/mol. The fourth-order valence-electron chi connectivity index (χ4n) is 2.73. The number of hydrogen-bond donors (Lipinski definition) is 1. The molecule has 2 aromatic heterocycles. The fourth-order valence-corrected chi connectivity index (χ4v) is 3.47. The SMILES string of the molecule is Cn1cccc(C(=O)NCC2CCCN2c2nccs2)c1=O.